The fourth-order valence-electron chi connectivity index (χ4n) is 4.03. The van der Waals surface area contributed by atoms with E-state index in [0.29, 0.717) is 22.4 Å². The minimum atomic E-state index is -0.436. The summed E-state index contributed by atoms with van der Waals surface area (Å²) in [4.78, 5) is 12.7. The number of para-hydroxylation sites is 2. The molecule has 4 rings (SSSR count). The quantitative estimate of drug-likeness (QED) is 0.500. The summed E-state index contributed by atoms with van der Waals surface area (Å²) in [6, 6.07) is 22.3. The Morgan fingerprint density at radius 1 is 0.967 bits per heavy atom. The van der Waals surface area contributed by atoms with Gasteiger partial charge in [-0.25, -0.2) is 0 Å². The minimum absolute atomic E-state index is 0.0405. The van der Waals surface area contributed by atoms with E-state index in [-0.39, 0.29) is 17.4 Å². The standard InChI is InChI=1S/C25H24ClNO3/c26-18-14-15-22(28)20(16-18)25(29)27-21-11-5-7-13-24(21)30-23-12-6-4-10-19(23)17-8-2-1-3-9-17/h1-3,5,7-9,11,13-16,19,23,28H,4,6,10,12H2,(H,27,29). The molecule has 2 unspecified atom stereocenters. The molecule has 0 aliphatic heterocycles. The SMILES string of the molecule is O=C(Nc1ccccc1OC1CCCCC1c1ccccc1)c1cc(Cl)ccc1O. The van der Waals surface area contributed by atoms with Crippen molar-refractivity contribution in [3.63, 3.8) is 0 Å². The molecule has 0 radical (unpaired) electrons. The minimum Gasteiger partial charge on any atom is -0.507 e. The van der Waals surface area contributed by atoms with Gasteiger partial charge in [0, 0.05) is 10.9 Å². The Bertz CT molecular complexity index is 1020. The van der Waals surface area contributed by atoms with E-state index < -0.39 is 5.91 Å². The number of phenols is 1. The summed E-state index contributed by atoms with van der Waals surface area (Å²) >= 11 is 5.98. The summed E-state index contributed by atoms with van der Waals surface area (Å²) in [5.41, 5.74) is 1.98. The van der Waals surface area contributed by atoms with E-state index in [1.54, 1.807) is 6.07 Å². The Kier molecular flexibility index (Phi) is 6.24. The molecule has 0 aromatic heterocycles. The van der Waals surface area contributed by atoms with Gasteiger partial charge in [0.1, 0.15) is 17.6 Å². The second kappa shape index (κ2) is 9.23. The normalized spacial score (nSPS) is 18.6. The molecule has 2 atom stereocenters. The molecule has 1 aliphatic carbocycles. The van der Waals surface area contributed by atoms with Gasteiger partial charge in [0.15, 0.2) is 0 Å². The largest absolute Gasteiger partial charge is 0.507 e. The van der Waals surface area contributed by atoms with Crippen molar-refractivity contribution in [1.82, 2.24) is 0 Å². The number of benzene rings is 3. The van der Waals surface area contributed by atoms with Crippen LogP contribution in [0.5, 0.6) is 11.5 Å². The van der Waals surface area contributed by atoms with Crippen LogP contribution in [0.4, 0.5) is 5.69 Å². The zero-order valence-electron chi connectivity index (χ0n) is 16.6. The van der Waals surface area contributed by atoms with Gasteiger partial charge in [-0.1, -0.05) is 60.5 Å². The highest BCUT2D eigenvalue weighted by Gasteiger charge is 2.29. The van der Waals surface area contributed by atoms with Gasteiger partial charge in [-0.15, -0.1) is 0 Å². The summed E-state index contributed by atoms with van der Waals surface area (Å²) in [5.74, 6) is 0.391. The van der Waals surface area contributed by atoms with E-state index >= 15 is 0 Å². The fraction of sp³-hybridized carbons (Fsp3) is 0.240. The lowest BCUT2D eigenvalue weighted by molar-refractivity contribution is 0.102. The zero-order valence-corrected chi connectivity index (χ0v) is 17.3. The molecule has 2 N–H and O–H groups in total. The molecule has 0 bridgehead atoms. The third-order valence-corrected chi connectivity index (χ3v) is 5.78. The van der Waals surface area contributed by atoms with Crippen LogP contribution in [0.2, 0.25) is 5.02 Å². The predicted octanol–water partition coefficient (Wildman–Crippen LogP) is 6.40. The van der Waals surface area contributed by atoms with Gasteiger partial charge in [-0.3, -0.25) is 4.79 Å². The van der Waals surface area contributed by atoms with Crippen molar-refractivity contribution in [3.05, 3.63) is 88.9 Å². The highest BCUT2D eigenvalue weighted by molar-refractivity contribution is 6.31. The molecule has 3 aromatic carbocycles. The second-order valence-corrected chi connectivity index (χ2v) is 8.01. The molecular formula is C25H24ClNO3. The van der Waals surface area contributed by atoms with Gasteiger partial charge in [0.05, 0.1) is 11.3 Å². The molecule has 1 saturated carbocycles. The van der Waals surface area contributed by atoms with Crippen molar-refractivity contribution in [2.45, 2.75) is 37.7 Å². The molecular weight excluding hydrogens is 398 g/mol. The van der Waals surface area contributed by atoms with E-state index in [4.69, 9.17) is 16.3 Å². The lowest BCUT2D eigenvalue weighted by Gasteiger charge is -2.33. The molecule has 3 aromatic rings. The maximum absolute atomic E-state index is 12.7. The molecule has 1 aliphatic rings. The molecule has 1 fully saturated rings. The topological polar surface area (TPSA) is 58.6 Å². The van der Waals surface area contributed by atoms with E-state index in [0.717, 1.165) is 19.3 Å². The van der Waals surface area contributed by atoms with Gasteiger partial charge in [-0.2, -0.15) is 0 Å². The number of hydrogen-bond donors (Lipinski definition) is 2. The first-order chi connectivity index (χ1) is 14.6. The number of carbonyl (C=O) groups excluding carboxylic acids is 1. The van der Waals surface area contributed by atoms with Crippen LogP contribution in [0, 0.1) is 0 Å². The monoisotopic (exact) mass is 421 g/mol. The summed E-state index contributed by atoms with van der Waals surface area (Å²) in [7, 11) is 0. The highest BCUT2D eigenvalue weighted by Crippen LogP contribution is 2.37. The number of anilines is 1. The Balaban J connectivity index is 1.55. The first-order valence-electron chi connectivity index (χ1n) is 10.2. The number of amides is 1. The van der Waals surface area contributed by atoms with Crippen LogP contribution in [-0.2, 0) is 0 Å². The highest BCUT2D eigenvalue weighted by atomic mass is 35.5. The molecule has 0 heterocycles. The number of nitrogens with one attached hydrogen (secondary N) is 1. The van der Waals surface area contributed by atoms with Gasteiger partial charge >= 0.3 is 0 Å². The third-order valence-electron chi connectivity index (χ3n) is 5.55. The number of carbonyl (C=O) groups is 1. The van der Waals surface area contributed by atoms with Crippen LogP contribution in [0.25, 0.3) is 0 Å². The molecule has 5 heteroatoms. The van der Waals surface area contributed by atoms with E-state index in [9.17, 15) is 9.90 Å². The Hall–Kier alpha value is -2.98. The number of aromatic hydroxyl groups is 1. The first-order valence-corrected chi connectivity index (χ1v) is 10.6. The second-order valence-electron chi connectivity index (χ2n) is 7.57. The smallest absolute Gasteiger partial charge is 0.259 e. The van der Waals surface area contributed by atoms with Crippen molar-refractivity contribution in [2.24, 2.45) is 0 Å². The Morgan fingerprint density at radius 3 is 2.53 bits per heavy atom. The van der Waals surface area contributed by atoms with Crippen molar-refractivity contribution in [2.75, 3.05) is 5.32 Å². The van der Waals surface area contributed by atoms with Crippen LogP contribution in [0.1, 0.15) is 47.5 Å². The van der Waals surface area contributed by atoms with Gasteiger partial charge in [0.25, 0.3) is 5.91 Å². The number of phenolic OH excluding ortho intramolecular Hbond substituents is 1. The maximum atomic E-state index is 12.7. The van der Waals surface area contributed by atoms with Crippen LogP contribution < -0.4 is 10.1 Å². The van der Waals surface area contributed by atoms with Crippen molar-refractivity contribution in [3.8, 4) is 11.5 Å². The average molecular weight is 422 g/mol. The van der Waals surface area contributed by atoms with Gasteiger partial charge in [-0.05, 0) is 55.2 Å². The van der Waals surface area contributed by atoms with Crippen molar-refractivity contribution in [1.29, 1.82) is 0 Å². The van der Waals surface area contributed by atoms with E-state index in [1.807, 2.05) is 24.3 Å². The first kappa shape index (κ1) is 20.3. The summed E-state index contributed by atoms with van der Waals surface area (Å²) in [6.07, 6.45) is 4.40. The van der Waals surface area contributed by atoms with Gasteiger partial charge < -0.3 is 15.2 Å². The average Bonchev–Trinajstić information content (AvgIpc) is 2.77. The molecule has 30 heavy (non-hydrogen) atoms. The van der Waals surface area contributed by atoms with Crippen LogP contribution in [-0.4, -0.2) is 17.1 Å². The number of halogens is 1. The molecule has 0 spiro atoms. The molecule has 154 valence electrons. The maximum Gasteiger partial charge on any atom is 0.259 e. The zero-order chi connectivity index (χ0) is 20.9. The fourth-order valence-corrected chi connectivity index (χ4v) is 4.21. The van der Waals surface area contributed by atoms with E-state index in [1.165, 1.54) is 30.2 Å². The molecule has 4 nitrogen and oxygen atoms in total. The van der Waals surface area contributed by atoms with Crippen molar-refractivity contribution < 1.29 is 14.6 Å². The van der Waals surface area contributed by atoms with Crippen LogP contribution in [0.15, 0.2) is 72.8 Å². The summed E-state index contributed by atoms with van der Waals surface area (Å²) in [6.45, 7) is 0. The third kappa shape index (κ3) is 4.60. The van der Waals surface area contributed by atoms with Crippen molar-refractivity contribution >= 4 is 23.2 Å². The Labute approximate surface area is 181 Å². The van der Waals surface area contributed by atoms with E-state index in [2.05, 4.69) is 29.6 Å². The van der Waals surface area contributed by atoms with Gasteiger partial charge in [0.2, 0.25) is 0 Å². The Morgan fingerprint density at radius 2 is 1.70 bits per heavy atom. The number of hydrogen-bond acceptors (Lipinski definition) is 3. The summed E-state index contributed by atoms with van der Waals surface area (Å²) < 4.78 is 6.44. The number of ether oxygens (including phenoxy) is 1. The van der Waals surface area contributed by atoms with Crippen LogP contribution in [0.3, 0.4) is 0 Å². The lowest BCUT2D eigenvalue weighted by Crippen LogP contribution is -2.29. The molecule has 1 amide bonds. The lowest BCUT2D eigenvalue weighted by atomic mass is 9.81. The molecule has 0 saturated heterocycles. The predicted molar refractivity (Wildman–Crippen MR) is 120 cm³/mol. The van der Waals surface area contributed by atoms with Crippen LogP contribution >= 0.6 is 11.6 Å². The summed E-state index contributed by atoms with van der Waals surface area (Å²) in [5, 5.41) is 13.3. The number of rotatable bonds is 5.